The summed E-state index contributed by atoms with van der Waals surface area (Å²) in [5, 5.41) is 7.06. The summed E-state index contributed by atoms with van der Waals surface area (Å²) in [7, 11) is 1.73. The predicted molar refractivity (Wildman–Crippen MR) is 146 cm³/mol. The number of anilines is 2. The largest absolute Gasteiger partial charge is 0.495 e. The van der Waals surface area contributed by atoms with Crippen LogP contribution in [-0.2, 0) is 11.3 Å². The molecule has 2 fully saturated rings. The van der Waals surface area contributed by atoms with Gasteiger partial charge in [-0.2, -0.15) is 0 Å². The number of ether oxygens (including phenoxy) is 2. The van der Waals surface area contributed by atoms with Crippen molar-refractivity contribution < 1.29 is 9.47 Å². The molecule has 2 saturated heterocycles. The number of aliphatic imine (C=N–C) groups is 1. The Morgan fingerprint density at radius 2 is 1.76 bits per heavy atom. The van der Waals surface area contributed by atoms with Gasteiger partial charge in [0.1, 0.15) is 5.75 Å². The Kier molecular flexibility index (Phi) is 9.93. The fraction of sp³-hybridized carbons (Fsp3) is 0.480. The van der Waals surface area contributed by atoms with Crippen LogP contribution in [0.25, 0.3) is 0 Å². The summed E-state index contributed by atoms with van der Waals surface area (Å²) >= 11 is 0. The first-order valence-corrected chi connectivity index (χ1v) is 11.6. The van der Waals surface area contributed by atoms with E-state index in [2.05, 4.69) is 63.8 Å². The van der Waals surface area contributed by atoms with Gasteiger partial charge in [-0.1, -0.05) is 30.3 Å². The number of hydrogen-bond acceptors (Lipinski definition) is 5. The molecule has 1 atom stereocenters. The molecule has 0 bridgehead atoms. The zero-order valence-electron chi connectivity index (χ0n) is 19.6. The molecule has 0 saturated carbocycles. The molecule has 0 aromatic heterocycles. The molecule has 2 aromatic rings. The van der Waals surface area contributed by atoms with Gasteiger partial charge in [-0.05, 0) is 37.1 Å². The van der Waals surface area contributed by atoms with Crippen LogP contribution >= 0.6 is 24.0 Å². The van der Waals surface area contributed by atoms with E-state index in [-0.39, 0.29) is 24.0 Å². The fourth-order valence-electron chi connectivity index (χ4n) is 4.42. The third-order valence-corrected chi connectivity index (χ3v) is 6.05. The van der Waals surface area contributed by atoms with Crippen molar-refractivity contribution >= 4 is 41.3 Å². The monoisotopic (exact) mass is 565 g/mol. The summed E-state index contributed by atoms with van der Waals surface area (Å²) < 4.78 is 11.1. The molecular formula is C25H36IN5O2. The van der Waals surface area contributed by atoms with Crippen LogP contribution in [0.2, 0.25) is 0 Å². The molecule has 0 aliphatic carbocycles. The summed E-state index contributed by atoms with van der Waals surface area (Å²) in [6, 6.07) is 17.1. The lowest BCUT2D eigenvalue weighted by molar-refractivity contribution is 0.122. The minimum absolute atomic E-state index is 0. The van der Waals surface area contributed by atoms with Crippen molar-refractivity contribution in [1.29, 1.82) is 0 Å². The van der Waals surface area contributed by atoms with Crippen molar-refractivity contribution in [2.45, 2.75) is 25.9 Å². The lowest BCUT2D eigenvalue weighted by Gasteiger charge is -2.30. The highest BCUT2D eigenvalue weighted by molar-refractivity contribution is 14.0. The number of nitrogens with zero attached hydrogens (tertiary/aromatic N) is 3. The highest BCUT2D eigenvalue weighted by atomic mass is 127. The molecule has 2 heterocycles. The van der Waals surface area contributed by atoms with E-state index in [1.807, 2.05) is 12.1 Å². The first-order valence-electron chi connectivity index (χ1n) is 11.6. The van der Waals surface area contributed by atoms with E-state index in [1.54, 1.807) is 7.11 Å². The number of nitrogens with one attached hydrogen (secondary N) is 2. The van der Waals surface area contributed by atoms with Gasteiger partial charge in [-0.3, -0.25) is 0 Å². The summed E-state index contributed by atoms with van der Waals surface area (Å²) in [6.45, 7) is 8.94. The van der Waals surface area contributed by atoms with E-state index < -0.39 is 0 Å². The number of guanidine groups is 1. The van der Waals surface area contributed by atoms with Crippen LogP contribution in [0.3, 0.4) is 0 Å². The van der Waals surface area contributed by atoms with E-state index in [4.69, 9.17) is 14.5 Å². The fourth-order valence-corrected chi connectivity index (χ4v) is 4.42. The lowest BCUT2D eigenvalue weighted by atomic mass is 10.1. The van der Waals surface area contributed by atoms with E-state index in [0.29, 0.717) is 12.6 Å². The van der Waals surface area contributed by atoms with E-state index in [0.717, 1.165) is 69.8 Å². The van der Waals surface area contributed by atoms with E-state index >= 15 is 0 Å². The maximum atomic E-state index is 5.55. The van der Waals surface area contributed by atoms with Crippen LogP contribution in [0.1, 0.15) is 18.9 Å². The Labute approximate surface area is 214 Å². The van der Waals surface area contributed by atoms with Crippen molar-refractivity contribution in [1.82, 2.24) is 10.6 Å². The Morgan fingerprint density at radius 1 is 1.03 bits per heavy atom. The average Bonchev–Trinajstić information content (AvgIpc) is 3.31. The molecule has 0 spiro atoms. The molecule has 33 heavy (non-hydrogen) atoms. The van der Waals surface area contributed by atoms with Gasteiger partial charge >= 0.3 is 0 Å². The summed E-state index contributed by atoms with van der Waals surface area (Å²) in [4.78, 5) is 9.71. The molecule has 8 heteroatoms. The first kappa shape index (κ1) is 25.4. The van der Waals surface area contributed by atoms with Crippen LogP contribution in [0.15, 0.2) is 53.5 Å². The Balaban J connectivity index is 0.00000306. The van der Waals surface area contributed by atoms with Crippen LogP contribution in [-0.4, -0.2) is 65.0 Å². The smallest absolute Gasteiger partial charge is 0.191 e. The molecule has 1 unspecified atom stereocenters. The highest BCUT2D eigenvalue weighted by Gasteiger charge is 2.25. The molecule has 0 radical (unpaired) electrons. The third-order valence-electron chi connectivity index (χ3n) is 6.05. The van der Waals surface area contributed by atoms with Crippen molar-refractivity contribution in [3.8, 4) is 5.75 Å². The van der Waals surface area contributed by atoms with Crippen LogP contribution in [0.5, 0.6) is 5.75 Å². The van der Waals surface area contributed by atoms with Gasteiger partial charge in [0.05, 0.1) is 32.6 Å². The number of para-hydroxylation sites is 3. The summed E-state index contributed by atoms with van der Waals surface area (Å²) in [5.41, 5.74) is 3.66. The number of halogens is 1. The van der Waals surface area contributed by atoms with Gasteiger partial charge in [-0.25, -0.2) is 4.99 Å². The van der Waals surface area contributed by atoms with Crippen LogP contribution in [0, 0.1) is 0 Å². The van der Waals surface area contributed by atoms with E-state index in [1.165, 1.54) is 11.3 Å². The predicted octanol–water partition coefficient (Wildman–Crippen LogP) is 3.48. The minimum Gasteiger partial charge on any atom is -0.495 e. The van der Waals surface area contributed by atoms with E-state index in [9.17, 15) is 0 Å². The molecule has 2 aliphatic rings. The van der Waals surface area contributed by atoms with Crippen molar-refractivity contribution in [3.63, 3.8) is 0 Å². The van der Waals surface area contributed by atoms with Crippen molar-refractivity contribution in [3.05, 3.63) is 54.1 Å². The molecule has 4 rings (SSSR count). The second-order valence-corrected chi connectivity index (χ2v) is 8.17. The van der Waals surface area contributed by atoms with Gasteiger partial charge < -0.3 is 29.9 Å². The van der Waals surface area contributed by atoms with Crippen molar-refractivity contribution in [2.75, 3.05) is 62.8 Å². The van der Waals surface area contributed by atoms with Gasteiger partial charge in [0.2, 0.25) is 0 Å². The summed E-state index contributed by atoms with van der Waals surface area (Å²) in [6.07, 6.45) is 1.06. The topological polar surface area (TPSA) is 61.4 Å². The number of rotatable bonds is 7. The van der Waals surface area contributed by atoms with Crippen LogP contribution < -0.4 is 25.2 Å². The molecule has 7 nitrogen and oxygen atoms in total. The number of benzene rings is 2. The molecule has 0 amide bonds. The molecule has 2 aromatic carbocycles. The Bertz CT molecular complexity index is 904. The maximum absolute atomic E-state index is 5.55. The third kappa shape index (κ3) is 6.66. The summed E-state index contributed by atoms with van der Waals surface area (Å²) in [5.74, 6) is 1.80. The minimum atomic E-state index is 0. The second kappa shape index (κ2) is 12.9. The Hall–Kier alpha value is -2.20. The molecule has 2 N–H and O–H groups in total. The SMILES string of the molecule is CCNC(=NCc1ccccc1N1CCOCC1)NC1CCN(c2ccccc2OC)C1.I. The normalized spacial score (nSPS) is 18.6. The number of methoxy groups -OCH3 is 1. The van der Waals surface area contributed by atoms with Gasteiger partial charge in [-0.15, -0.1) is 24.0 Å². The van der Waals surface area contributed by atoms with Crippen molar-refractivity contribution in [2.24, 2.45) is 4.99 Å². The molecular weight excluding hydrogens is 529 g/mol. The second-order valence-electron chi connectivity index (χ2n) is 8.17. The zero-order valence-corrected chi connectivity index (χ0v) is 22.0. The highest BCUT2D eigenvalue weighted by Crippen LogP contribution is 2.30. The van der Waals surface area contributed by atoms with Gasteiger partial charge in [0, 0.05) is 44.5 Å². The molecule has 180 valence electrons. The van der Waals surface area contributed by atoms with Gasteiger partial charge in [0.15, 0.2) is 5.96 Å². The standard InChI is InChI=1S/C25H35N5O2.HI/c1-3-26-25(27-18-20-8-4-5-9-22(20)29-14-16-32-17-15-29)28-21-12-13-30(19-21)23-10-6-7-11-24(23)31-2;/h4-11,21H,3,12-19H2,1-2H3,(H2,26,27,28);1H. The molecule has 2 aliphatic heterocycles. The first-order chi connectivity index (χ1) is 15.8. The number of morpholine rings is 1. The quantitative estimate of drug-likeness (QED) is 0.305. The maximum Gasteiger partial charge on any atom is 0.191 e. The van der Waals surface area contributed by atoms with Gasteiger partial charge in [0.25, 0.3) is 0 Å². The number of hydrogen-bond donors (Lipinski definition) is 2. The zero-order chi connectivity index (χ0) is 22.2. The lowest BCUT2D eigenvalue weighted by Crippen LogP contribution is -2.44. The Morgan fingerprint density at radius 3 is 2.52 bits per heavy atom. The average molecular weight is 566 g/mol. The van der Waals surface area contributed by atoms with Crippen LogP contribution in [0.4, 0.5) is 11.4 Å².